The number of ether oxygens (including phenoxy) is 2. The molecule has 6 heteroatoms. The largest absolute Gasteiger partial charge is 0.454 e. The molecule has 18 heavy (non-hydrogen) atoms. The highest BCUT2D eigenvalue weighted by atomic mass is 32.1. The molecular formula is C12H12N2O3S. The molecule has 2 aliphatic rings. The molecule has 3 rings (SSSR count). The SMILES string of the molecule is CC1CN(c2ccc3c(c2)OCO3)C(=S)NC1=O. The van der Waals surface area contributed by atoms with Crippen molar-refractivity contribution in [3.05, 3.63) is 18.2 Å². The fourth-order valence-corrected chi connectivity index (χ4v) is 2.29. The van der Waals surface area contributed by atoms with Crippen molar-refractivity contribution in [3.8, 4) is 11.5 Å². The number of amides is 1. The maximum Gasteiger partial charge on any atom is 0.231 e. The van der Waals surface area contributed by atoms with Crippen LogP contribution in [-0.2, 0) is 4.79 Å². The molecule has 2 heterocycles. The highest BCUT2D eigenvalue weighted by molar-refractivity contribution is 7.80. The van der Waals surface area contributed by atoms with Gasteiger partial charge in [0.2, 0.25) is 12.7 Å². The van der Waals surface area contributed by atoms with Crippen LogP contribution in [0.15, 0.2) is 18.2 Å². The maximum atomic E-state index is 11.5. The van der Waals surface area contributed by atoms with Crippen LogP contribution in [0.25, 0.3) is 0 Å². The van der Waals surface area contributed by atoms with E-state index in [0.29, 0.717) is 17.4 Å². The van der Waals surface area contributed by atoms with Crippen molar-refractivity contribution in [3.63, 3.8) is 0 Å². The summed E-state index contributed by atoms with van der Waals surface area (Å²) >= 11 is 5.19. The predicted octanol–water partition coefficient (Wildman–Crippen LogP) is 1.27. The van der Waals surface area contributed by atoms with Crippen molar-refractivity contribution in [1.82, 2.24) is 5.32 Å². The number of hydrogen-bond acceptors (Lipinski definition) is 4. The summed E-state index contributed by atoms with van der Waals surface area (Å²) in [4.78, 5) is 13.4. The summed E-state index contributed by atoms with van der Waals surface area (Å²) in [5.74, 6) is 1.32. The summed E-state index contributed by atoms with van der Waals surface area (Å²) in [6, 6.07) is 5.63. The summed E-state index contributed by atoms with van der Waals surface area (Å²) in [6.07, 6.45) is 0. The minimum absolute atomic E-state index is 0.0306. The Morgan fingerprint density at radius 2 is 2.17 bits per heavy atom. The normalized spacial score (nSPS) is 22.1. The maximum absolute atomic E-state index is 11.5. The lowest BCUT2D eigenvalue weighted by Gasteiger charge is -2.32. The smallest absolute Gasteiger partial charge is 0.231 e. The number of thiocarbonyl (C=S) groups is 1. The Labute approximate surface area is 110 Å². The molecule has 0 spiro atoms. The van der Waals surface area contributed by atoms with Crippen molar-refractivity contribution >= 4 is 28.9 Å². The Hall–Kier alpha value is -1.82. The molecular weight excluding hydrogens is 252 g/mol. The summed E-state index contributed by atoms with van der Waals surface area (Å²) in [6.45, 7) is 2.69. The third-order valence-electron chi connectivity index (χ3n) is 3.05. The molecule has 0 bridgehead atoms. The van der Waals surface area contributed by atoms with Gasteiger partial charge in [0.15, 0.2) is 16.6 Å². The third-order valence-corrected chi connectivity index (χ3v) is 3.37. The van der Waals surface area contributed by atoms with Gasteiger partial charge in [0.1, 0.15) is 0 Å². The van der Waals surface area contributed by atoms with Crippen molar-refractivity contribution < 1.29 is 14.3 Å². The van der Waals surface area contributed by atoms with E-state index in [1.165, 1.54) is 0 Å². The number of carbonyl (C=O) groups excluding carboxylic acids is 1. The van der Waals surface area contributed by atoms with Crippen molar-refractivity contribution in [2.24, 2.45) is 5.92 Å². The van der Waals surface area contributed by atoms with Crippen LogP contribution in [0.2, 0.25) is 0 Å². The zero-order chi connectivity index (χ0) is 12.7. The van der Waals surface area contributed by atoms with E-state index >= 15 is 0 Å². The number of benzene rings is 1. The number of rotatable bonds is 1. The Kier molecular flexibility index (Phi) is 2.59. The molecule has 1 N–H and O–H groups in total. The average Bonchev–Trinajstić information content (AvgIpc) is 2.80. The molecule has 0 aliphatic carbocycles. The van der Waals surface area contributed by atoms with Crippen LogP contribution < -0.4 is 19.7 Å². The Balaban J connectivity index is 1.90. The molecule has 0 saturated carbocycles. The predicted molar refractivity (Wildman–Crippen MR) is 69.8 cm³/mol. The van der Waals surface area contributed by atoms with Gasteiger partial charge >= 0.3 is 0 Å². The molecule has 1 atom stereocenters. The van der Waals surface area contributed by atoms with Crippen LogP contribution in [0.1, 0.15) is 6.92 Å². The average molecular weight is 264 g/mol. The number of fused-ring (bicyclic) bond motifs is 1. The highest BCUT2D eigenvalue weighted by Crippen LogP contribution is 2.36. The van der Waals surface area contributed by atoms with E-state index in [1.807, 2.05) is 30.0 Å². The van der Waals surface area contributed by atoms with Gasteiger partial charge in [-0.25, -0.2) is 0 Å². The van der Waals surface area contributed by atoms with E-state index in [1.54, 1.807) is 0 Å². The van der Waals surface area contributed by atoms with E-state index in [2.05, 4.69) is 5.32 Å². The lowest BCUT2D eigenvalue weighted by Crippen LogP contribution is -2.53. The standard InChI is InChI=1S/C12H12N2O3S/c1-7-5-14(12(18)13-11(7)15)8-2-3-9-10(4-8)17-6-16-9/h2-4,7H,5-6H2,1H3,(H,13,15,18). The molecule has 1 saturated heterocycles. The highest BCUT2D eigenvalue weighted by Gasteiger charge is 2.28. The number of anilines is 1. The number of hydrogen-bond donors (Lipinski definition) is 1. The fourth-order valence-electron chi connectivity index (χ4n) is 2.01. The lowest BCUT2D eigenvalue weighted by molar-refractivity contribution is -0.123. The first-order chi connectivity index (χ1) is 8.65. The van der Waals surface area contributed by atoms with E-state index < -0.39 is 0 Å². The quantitative estimate of drug-likeness (QED) is 0.774. The topological polar surface area (TPSA) is 50.8 Å². The van der Waals surface area contributed by atoms with Crippen LogP contribution >= 0.6 is 12.2 Å². The van der Waals surface area contributed by atoms with E-state index in [9.17, 15) is 4.79 Å². The summed E-state index contributed by atoms with van der Waals surface area (Å²) in [5.41, 5.74) is 0.899. The van der Waals surface area contributed by atoms with Gasteiger partial charge in [-0.15, -0.1) is 0 Å². The molecule has 5 nitrogen and oxygen atoms in total. The zero-order valence-electron chi connectivity index (χ0n) is 9.80. The van der Waals surface area contributed by atoms with Crippen LogP contribution in [0.5, 0.6) is 11.5 Å². The Bertz CT molecular complexity index is 532. The van der Waals surface area contributed by atoms with Gasteiger partial charge in [0.25, 0.3) is 0 Å². The molecule has 1 amide bonds. The van der Waals surface area contributed by atoms with Crippen LogP contribution in [0, 0.1) is 5.92 Å². The van der Waals surface area contributed by atoms with E-state index in [4.69, 9.17) is 21.7 Å². The second-order valence-corrected chi connectivity index (χ2v) is 4.73. The minimum atomic E-state index is -0.0953. The third kappa shape index (κ3) is 1.78. The first kappa shape index (κ1) is 11.3. The van der Waals surface area contributed by atoms with Gasteiger partial charge in [-0.2, -0.15) is 0 Å². The molecule has 1 unspecified atom stereocenters. The summed E-state index contributed by atoms with van der Waals surface area (Å²) in [5, 5.41) is 3.12. The van der Waals surface area contributed by atoms with Gasteiger partial charge in [0.05, 0.1) is 5.92 Å². The van der Waals surface area contributed by atoms with Gasteiger partial charge < -0.3 is 19.7 Å². The van der Waals surface area contributed by atoms with Crippen molar-refractivity contribution in [2.75, 3.05) is 18.2 Å². The molecule has 1 aromatic carbocycles. The second kappa shape index (κ2) is 4.13. The second-order valence-electron chi connectivity index (χ2n) is 4.34. The first-order valence-electron chi connectivity index (χ1n) is 5.67. The summed E-state index contributed by atoms with van der Waals surface area (Å²) in [7, 11) is 0. The van der Waals surface area contributed by atoms with Crippen LogP contribution in [-0.4, -0.2) is 24.4 Å². The van der Waals surface area contributed by atoms with Crippen LogP contribution in [0.3, 0.4) is 0 Å². The molecule has 0 radical (unpaired) electrons. The monoisotopic (exact) mass is 264 g/mol. The molecule has 1 fully saturated rings. The van der Waals surface area contributed by atoms with Crippen LogP contribution in [0.4, 0.5) is 5.69 Å². The Morgan fingerprint density at radius 1 is 1.39 bits per heavy atom. The van der Waals surface area contributed by atoms with Crippen molar-refractivity contribution in [2.45, 2.75) is 6.92 Å². The van der Waals surface area contributed by atoms with Gasteiger partial charge in [-0.3, -0.25) is 4.79 Å². The lowest BCUT2D eigenvalue weighted by atomic mass is 10.1. The van der Waals surface area contributed by atoms with Gasteiger partial charge in [-0.1, -0.05) is 6.92 Å². The zero-order valence-corrected chi connectivity index (χ0v) is 10.6. The van der Waals surface area contributed by atoms with Gasteiger partial charge in [0, 0.05) is 18.3 Å². The number of carbonyl (C=O) groups is 1. The van der Waals surface area contributed by atoms with E-state index in [0.717, 1.165) is 11.4 Å². The minimum Gasteiger partial charge on any atom is -0.454 e. The molecule has 1 aromatic rings. The van der Waals surface area contributed by atoms with Gasteiger partial charge in [-0.05, 0) is 24.4 Å². The van der Waals surface area contributed by atoms with Crippen molar-refractivity contribution in [1.29, 1.82) is 0 Å². The Morgan fingerprint density at radius 3 is 3.00 bits per heavy atom. The number of nitrogens with zero attached hydrogens (tertiary/aromatic N) is 1. The molecule has 94 valence electrons. The number of nitrogens with one attached hydrogen (secondary N) is 1. The molecule has 2 aliphatic heterocycles. The first-order valence-corrected chi connectivity index (χ1v) is 6.08. The van der Waals surface area contributed by atoms with E-state index in [-0.39, 0.29) is 18.6 Å². The summed E-state index contributed by atoms with van der Waals surface area (Å²) < 4.78 is 10.6. The molecule has 0 aromatic heterocycles. The fraction of sp³-hybridized carbons (Fsp3) is 0.333.